The van der Waals surface area contributed by atoms with Crippen LogP contribution in [0.1, 0.15) is 22.8 Å². The van der Waals surface area contributed by atoms with E-state index in [1.165, 1.54) is 24.0 Å². The van der Waals surface area contributed by atoms with Gasteiger partial charge in [0, 0.05) is 0 Å². The van der Waals surface area contributed by atoms with E-state index < -0.39 is 48.6 Å². The van der Waals surface area contributed by atoms with Crippen LogP contribution in [0, 0.1) is 0 Å². The van der Waals surface area contributed by atoms with Gasteiger partial charge in [0.2, 0.25) is 5.91 Å². The zero-order valence-electron chi connectivity index (χ0n) is 14.8. The van der Waals surface area contributed by atoms with Gasteiger partial charge in [-0.15, -0.1) is 0 Å². The summed E-state index contributed by atoms with van der Waals surface area (Å²) in [6.07, 6.45) is -1.45. The van der Waals surface area contributed by atoms with Crippen molar-refractivity contribution >= 4 is 19.0 Å². The number of aromatic hydroxyl groups is 1. The van der Waals surface area contributed by atoms with Crippen molar-refractivity contribution in [3.63, 3.8) is 0 Å². The summed E-state index contributed by atoms with van der Waals surface area (Å²) in [6.45, 7) is 1.77. The molecule has 0 aliphatic carbocycles. The van der Waals surface area contributed by atoms with Gasteiger partial charge in [-0.3, -0.25) is 4.79 Å². The fourth-order valence-corrected chi connectivity index (χ4v) is 2.70. The van der Waals surface area contributed by atoms with E-state index in [-0.39, 0.29) is 37.1 Å². The lowest BCUT2D eigenvalue weighted by atomic mass is 9.82. The number of amides is 1. The largest absolute Gasteiger partial charge is 0.507 e. The fraction of sp³-hybridized carbons (Fsp3) is 0.500. The number of phenols is 1. The molecule has 0 radical (unpaired) electrons. The van der Waals surface area contributed by atoms with Crippen LogP contribution in [0.5, 0.6) is 11.5 Å². The maximum atomic E-state index is 12.0. The molecule has 1 fully saturated rings. The molecule has 2 atom stereocenters. The van der Waals surface area contributed by atoms with Gasteiger partial charge < -0.3 is 40.7 Å². The van der Waals surface area contributed by atoms with Gasteiger partial charge in [-0.2, -0.15) is 0 Å². The minimum Gasteiger partial charge on any atom is -0.507 e. The lowest BCUT2D eigenvalue weighted by molar-refractivity contribution is -0.143. The monoisotopic (exact) mass is 382 g/mol. The van der Waals surface area contributed by atoms with E-state index in [1.54, 1.807) is 0 Å². The molecule has 10 nitrogen and oxygen atoms in total. The molecule has 0 spiro atoms. The zero-order chi connectivity index (χ0) is 20.3. The number of likely N-dealkylation sites (tertiary alicyclic amines) is 1. The molecule has 1 aromatic carbocycles. The van der Waals surface area contributed by atoms with Crippen LogP contribution < -0.4 is 10.5 Å². The molecule has 1 amide bonds. The van der Waals surface area contributed by atoms with Crippen molar-refractivity contribution in [1.82, 2.24) is 4.90 Å². The lowest BCUT2D eigenvalue weighted by Crippen LogP contribution is -2.61. The summed E-state index contributed by atoms with van der Waals surface area (Å²) >= 11 is 0. The molecule has 27 heavy (non-hydrogen) atoms. The first kappa shape index (κ1) is 21.0. The Labute approximate surface area is 155 Å². The molecule has 1 aliphatic rings. The van der Waals surface area contributed by atoms with Gasteiger partial charge in [-0.05, 0) is 31.3 Å². The lowest BCUT2D eigenvalue weighted by Gasteiger charge is -2.40. The molecule has 0 aromatic heterocycles. The quantitative estimate of drug-likeness (QED) is 0.290. The Bertz CT molecular complexity index is 706. The first-order chi connectivity index (χ1) is 12.6. The van der Waals surface area contributed by atoms with Crippen molar-refractivity contribution in [3.05, 3.63) is 23.3 Å². The van der Waals surface area contributed by atoms with Crippen molar-refractivity contribution in [3.8, 4) is 11.5 Å². The molecule has 1 aromatic rings. The van der Waals surface area contributed by atoms with Crippen LogP contribution in [0.25, 0.3) is 0 Å². The second kappa shape index (κ2) is 8.57. The standard InChI is InChI=1S/C16H23BN2O8/c1-8(20)13(18)15(22)19-6-10(7-19)27-11-3-2-9(4-5-17(25)26)14(21)12(11)16(23)24/h2-3,8,10,13,20-21,25-26H,4-7,18H2,1H3,(H,23,24). The summed E-state index contributed by atoms with van der Waals surface area (Å²) < 4.78 is 5.59. The summed E-state index contributed by atoms with van der Waals surface area (Å²) in [4.78, 5) is 24.9. The van der Waals surface area contributed by atoms with Crippen molar-refractivity contribution < 1.29 is 39.7 Å². The van der Waals surface area contributed by atoms with Gasteiger partial charge in [-0.25, -0.2) is 4.79 Å². The van der Waals surface area contributed by atoms with Crippen molar-refractivity contribution in [2.24, 2.45) is 5.73 Å². The summed E-state index contributed by atoms with van der Waals surface area (Å²) in [5.74, 6) is -2.37. The van der Waals surface area contributed by atoms with Crippen molar-refractivity contribution in [2.75, 3.05) is 13.1 Å². The van der Waals surface area contributed by atoms with E-state index >= 15 is 0 Å². The van der Waals surface area contributed by atoms with Gasteiger partial charge in [0.05, 0.1) is 19.2 Å². The third-order valence-corrected chi connectivity index (χ3v) is 4.37. The fourth-order valence-electron chi connectivity index (χ4n) is 2.70. The summed E-state index contributed by atoms with van der Waals surface area (Å²) in [5, 5.41) is 46.8. The highest BCUT2D eigenvalue weighted by molar-refractivity contribution is 6.41. The molecule has 1 saturated heterocycles. The SMILES string of the molecule is CC(O)C(N)C(=O)N1CC(Oc2ccc(CCB(O)O)c(O)c2C(=O)O)C1. The predicted molar refractivity (Wildman–Crippen MR) is 94.4 cm³/mol. The number of nitrogens with two attached hydrogens (primary N) is 1. The third kappa shape index (κ3) is 4.89. The predicted octanol–water partition coefficient (Wildman–Crippen LogP) is -1.60. The van der Waals surface area contributed by atoms with Crippen LogP contribution >= 0.6 is 0 Å². The van der Waals surface area contributed by atoms with E-state index in [0.29, 0.717) is 0 Å². The van der Waals surface area contributed by atoms with E-state index in [1.807, 2.05) is 0 Å². The molecule has 2 rings (SSSR count). The topological polar surface area (TPSA) is 174 Å². The molecular formula is C16H23BN2O8. The summed E-state index contributed by atoms with van der Waals surface area (Å²) in [7, 11) is -1.57. The molecule has 11 heteroatoms. The number of hydrogen-bond donors (Lipinski definition) is 6. The number of aliphatic hydroxyl groups excluding tert-OH is 1. The van der Waals surface area contributed by atoms with E-state index in [9.17, 15) is 24.9 Å². The molecule has 148 valence electrons. The number of carboxylic acid groups (broad SMARTS) is 1. The zero-order valence-corrected chi connectivity index (χ0v) is 14.8. The first-order valence-electron chi connectivity index (χ1n) is 8.45. The van der Waals surface area contributed by atoms with Crippen LogP contribution in [0.3, 0.4) is 0 Å². The average molecular weight is 382 g/mol. The van der Waals surface area contributed by atoms with Gasteiger partial charge in [0.15, 0.2) is 0 Å². The molecule has 1 heterocycles. The Hall–Kier alpha value is -2.34. The number of ether oxygens (including phenoxy) is 1. The molecule has 1 aliphatic heterocycles. The maximum absolute atomic E-state index is 12.0. The number of benzene rings is 1. The van der Waals surface area contributed by atoms with E-state index in [0.717, 1.165) is 0 Å². The Kier molecular flexibility index (Phi) is 6.66. The number of rotatable bonds is 8. The number of carbonyl (C=O) groups is 2. The number of carbonyl (C=O) groups excluding carboxylic acids is 1. The van der Waals surface area contributed by atoms with E-state index in [2.05, 4.69) is 0 Å². The Morgan fingerprint density at radius 1 is 1.37 bits per heavy atom. The van der Waals surface area contributed by atoms with Gasteiger partial charge in [-0.1, -0.05) is 6.07 Å². The van der Waals surface area contributed by atoms with Crippen LogP contribution in [0.4, 0.5) is 0 Å². The van der Waals surface area contributed by atoms with Crippen molar-refractivity contribution in [2.45, 2.75) is 37.9 Å². The molecule has 7 N–H and O–H groups in total. The van der Waals surface area contributed by atoms with Crippen molar-refractivity contribution in [1.29, 1.82) is 0 Å². The number of nitrogens with zero attached hydrogens (tertiary/aromatic N) is 1. The minimum atomic E-state index is -1.57. The first-order valence-corrected chi connectivity index (χ1v) is 8.45. The third-order valence-electron chi connectivity index (χ3n) is 4.37. The highest BCUT2D eigenvalue weighted by Gasteiger charge is 2.37. The highest BCUT2D eigenvalue weighted by atomic mass is 16.5. The van der Waals surface area contributed by atoms with E-state index in [4.69, 9.17) is 20.5 Å². The highest BCUT2D eigenvalue weighted by Crippen LogP contribution is 2.34. The van der Waals surface area contributed by atoms with Crippen LogP contribution in [-0.2, 0) is 11.2 Å². The smallest absolute Gasteiger partial charge is 0.451 e. The minimum absolute atomic E-state index is 0.0507. The molecule has 0 saturated carbocycles. The molecule has 0 bridgehead atoms. The van der Waals surface area contributed by atoms with Crippen LogP contribution in [0.15, 0.2) is 12.1 Å². The normalized spacial score (nSPS) is 16.4. The number of aromatic carboxylic acids is 1. The Balaban J connectivity index is 2.06. The average Bonchev–Trinajstić information content (AvgIpc) is 2.54. The van der Waals surface area contributed by atoms with Gasteiger partial charge >= 0.3 is 13.1 Å². The summed E-state index contributed by atoms with van der Waals surface area (Å²) in [6, 6.07) is 1.80. The maximum Gasteiger partial charge on any atom is 0.451 e. The summed E-state index contributed by atoms with van der Waals surface area (Å²) in [5.41, 5.74) is 5.42. The van der Waals surface area contributed by atoms with Crippen LogP contribution in [0.2, 0.25) is 6.32 Å². The molecule has 2 unspecified atom stereocenters. The number of aliphatic hydroxyl groups is 1. The number of aryl methyl sites for hydroxylation is 1. The second-order valence-corrected chi connectivity index (χ2v) is 6.52. The molecular weight excluding hydrogens is 359 g/mol. The second-order valence-electron chi connectivity index (χ2n) is 6.52. The number of carboxylic acids is 1. The van der Waals surface area contributed by atoms with Crippen LogP contribution in [-0.4, -0.2) is 80.6 Å². The van der Waals surface area contributed by atoms with Gasteiger partial charge in [0.1, 0.15) is 29.2 Å². The Morgan fingerprint density at radius 2 is 2.00 bits per heavy atom. The Morgan fingerprint density at radius 3 is 2.52 bits per heavy atom. The number of hydrogen-bond acceptors (Lipinski definition) is 8. The van der Waals surface area contributed by atoms with Gasteiger partial charge in [0.25, 0.3) is 0 Å².